The Labute approximate surface area is 73.3 Å². The molecule has 1 fully saturated rings. The Hall–Kier alpha value is -0.140. The normalized spacial score (nSPS) is 37.0. The Morgan fingerprint density at radius 2 is 1.50 bits per heavy atom. The van der Waals surface area contributed by atoms with Crippen molar-refractivity contribution in [2.75, 3.05) is 0 Å². The summed E-state index contributed by atoms with van der Waals surface area (Å²) in [6.45, 7) is 9.01. The highest BCUT2D eigenvalue weighted by Gasteiger charge is 2.85. The summed E-state index contributed by atoms with van der Waals surface area (Å²) in [6, 6.07) is 0. The Bertz CT molecular complexity index is 178. The zero-order chi connectivity index (χ0) is 9.78. The van der Waals surface area contributed by atoms with Crippen LogP contribution in [-0.4, -0.2) is 5.92 Å². The minimum atomic E-state index is -2.47. The first kappa shape index (κ1) is 9.94. The lowest BCUT2D eigenvalue weighted by atomic mass is 9.82. The summed E-state index contributed by atoms with van der Waals surface area (Å²) in [5.74, 6) is -2.41. The Kier molecular flexibility index (Phi) is 1.83. The average molecular weight is 176 g/mol. The maximum atomic E-state index is 13.5. The van der Waals surface area contributed by atoms with Crippen LogP contribution < -0.4 is 0 Å². The van der Waals surface area contributed by atoms with Gasteiger partial charge in [0.25, 0.3) is 5.92 Å². The number of hydrogen-bond acceptors (Lipinski definition) is 0. The second-order valence-corrected chi connectivity index (χ2v) is 4.68. The molecule has 0 spiro atoms. The molecule has 0 N–H and O–H groups in total. The van der Waals surface area contributed by atoms with Gasteiger partial charge in [0.05, 0.1) is 0 Å². The van der Waals surface area contributed by atoms with E-state index in [-0.39, 0.29) is 5.92 Å². The molecule has 0 heterocycles. The molecule has 72 valence electrons. The van der Waals surface area contributed by atoms with E-state index in [9.17, 15) is 8.78 Å². The van der Waals surface area contributed by atoms with Crippen LogP contribution in [0.1, 0.15) is 41.0 Å². The fraction of sp³-hybridized carbons (Fsp3) is 1.00. The van der Waals surface area contributed by atoms with E-state index >= 15 is 0 Å². The standard InChI is InChI=1S/C10H18F2/c1-6-9(7(2)3)8(4,5)10(9,11)12/h7H,6H2,1-5H3. The average Bonchev–Trinajstić information content (AvgIpc) is 2.21. The van der Waals surface area contributed by atoms with Crippen molar-refractivity contribution in [3.63, 3.8) is 0 Å². The lowest BCUT2D eigenvalue weighted by Crippen LogP contribution is -2.18. The van der Waals surface area contributed by atoms with Crippen LogP contribution >= 0.6 is 0 Å². The van der Waals surface area contributed by atoms with Crippen molar-refractivity contribution in [2.45, 2.75) is 47.0 Å². The van der Waals surface area contributed by atoms with Crippen LogP contribution in [0.5, 0.6) is 0 Å². The van der Waals surface area contributed by atoms with E-state index in [4.69, 9.17) is 0 Å². The molecule has 12 heavy (non-hydrogen) atoms. The highest BCUT2D eigenvalue weighted by Crippen LogP contribution is 2.79. The Morgan fingerprint density at radius 3 is 1.50 bits per heavy atom. The van der Waals surface area contributed by atoms with Crippen molar-refractivity contribution in [1.82, 2.24) is 0 Å². The molecule has 1 aliphatic rings. The summed E-state index contributed by atoms with van der Waals surface area (Å²) in [7, 11) is 0. The molecule has 1 atom stereocenters. The Morgan fingerprint density at radius 1 is 1.17 bits per heavy atom. The van der Waals surface area contributed by atoms with Gasteiger partial charge in [-0.1, -0.05) is 34.6 Å². The predicted octanol–water partition coefficient (Wildman–Crippen LogP) is 3.71. The first-order valence-corrected chi connectivity index (χ1v) is 4.63. The van der Waals surface area contributed by atoms with Gasteiger partial charge in [0.1, 0.15) is 0 Å². The van der Waals surface area contributed by atoms with E-state index in [1.807, 2.05) is 20.8 Å². The van der Waals surface area contributed by atoms with Crippen LogP contribution in [0.2, 0.25) is 0 Å². The molecule has 0 aromatic rings. The molecule has 0 aromatic heterocycles. The van der Waals surface area contributed by atoms with Crippen molar-refractivity contribution < 1.29 is 8.78 Å². The topological polar surface area (TPSA) is 0 Å². The van der Waals surface area contributed by atoms with Gasteiger partial charge in [-0.15, -0.1) is 0 Å². The van der Waals surface area contributed by atoms with Gasteiger partial charge in [0.2, 0.25) is 0 Å². The molecule has 1 saturated carbocycles. The highest BCUT2D eigenvalue weighted by atomic mass is 19.3. The van der Waals surface area contributed by atoms with Gasteiger partial charge >= 0.3 is 0 Å². The maximum Gasteiger partial charge on any atom is 0.260 e. The van der Waals surface area contributed by atoms with Crippen molar-refractivity contribution in [2.24, 2.45) is 16.7 Å². The largest absolute Gasteiger partial charge is 0.260 e. The molecule has 1 aliphatic carbocycles. The van der Waals surface area contributed by atoms with Gasteiger partial charge in [-0.05, 0) is 12.3 Å². The SMILES string of the molecule is CCC1(C(C)C)C(C)(C)C1(F)F. The summed E-state index contributed by atoms with van der Waals surface area (Å²) < 4.78 is 27.0. The molecule has 1 rings (SSSR count). The smallest absolute Gasteiger partial charge is 0.206 e. The number of rotatable bonds is 2. The molecule has 0 bridgehead atoms. The third-order valence-electron chi connectivity index (χ3n) is 3.94. The molecular weight excluding hydrogens is 158 g/mol. The monoisotopic (exact) mass is 176 g/mol. The van der Waals surface area contributed by atoms with E-state index in [0.29, 0.717) is 6.42 Å². The van der Waals surface area contributed by atoms with E-state index in [2.05, 4.69) is 0 Å². The lowest BCUT2D eigenvalue weighted by Gasteiger charge is -2.20. The second-order valence-electron chi connectivity index (χ2n) is 4.68. The molecule has 2 heteroatoms. The Balaban J connectivity index is 3.03. The number of halogens is 2. The van der Waals surface area contributed by atoms with Gasteiger partial charge < -0.3 is 0 Å². The summed E-state index contributed by atoms with van der Waals surface area (Å²) in [6.07, 6.45) is 0.574. The van der Waals surface area contributed by atoms with Crippen LogP contribution in [0, 0.1) is 16.7 Å². The molecule has 1 unspecified atom stereocenters. The molecule has 0 radical (unpaired) electrons. The molecule has 0 saturated heterocycles. The molecular formula is C10H18F2. The lowest BCUT2D eigenvalue weighted by molar-refractivity contribution is 0.0341. The van der Waals surface area contributed by atoms with Gasteiger partial charge in [0, 0.05) is 10.8 Å². The third kappa shape index (κ3) is 0.675. The zero-order valence-corrected chi connectivity index (χ0v) is 8.54. The van der Waals surface area contributed by atoms with Crippen molar-refractivity contribution in [3.8, 4) is 0 Å². The van der Waals surface area contributed by atoms with E-state index in [0.717, 1.165) is 0 Å². The van der Waals surface area contributed by atoms with Crippen molar-refractivity contribution in [3.05, 3.63) is 0 Å². The van der Waals surface area contributed by atoms with Crippen LogP contribution in [0.3, 0.4) is 0 Å². The summed E-state index contributed by atoms with van der Waals surface area (Å²) in [5, 5.41) is 0. The maximum absolute atomic E-state index is 13.5. The summed E-state index contributed by atoms with van der Waals surface area (Å²) >= 11 is 0. The number of alkyl halides is 2. The quantitative estimate of drug-likeness (QED) is 0.601. The van der Waals surface area contributed by atoms with E-state index < -0.39 is 16.8 Å². The third-order valence-corrected chi connectivity index (χ3v) is 3.94. The first-order chi connectivity index (χ1) is 5.25. The fourth-order valence-corrected chi connectivity index (χ4v) is 3.04. The molecule has 0 nitrogen and oxygen atoms in total. The number of hydrogen-bond donors (Lipinski definition) is 0. The minimum absolute atomic E-state index is 0.0625. The molecule has 0 amide bonds. The summed E-state index contributed by atoms with van der Waals surface area (Å²) in [5.41, 5.74) is -1.55. The second kappa shape index (κ2) is 2.21. The fourth-order valence-electron chi connectivity index (χ4n) is 3.04. The van der Waals surface area contributed by atoms with Gasteiger partial charge in [-0.3, -0.25) is 0 Å². The molecule has 0 aromatic carbocycles. The molecule has 0 aliphatic heterocycles. The highest BCUT2D eigenvalue weighted by molar-refractivity contribution is 5.24. The predicted molar refractivity (Wildman–Crippen MR) is 46.3 cm³/mol. The van der Waals surface area contributed by atoms with Crippen LogP contribution in [0.15, 0.2) is 0 Å². The van der Waals surface area contributed by atoms with E-state index in [1.165, 1.54) is 0 Å². The van der Waals surface area contributed by atoms with Crippen LogP contribution in [0.25, 0.3) is 0 Å². The zero-order valence-electron chi connectivity index (χ0n) is 8.54. The van der Waals surface area contributed by atoms with Crippen molar-refractivity contribution >= 4 is 0 Å². The summed E-state index contributed by atoms with van der Waals surface area (Å²) in [4.78, 5) is 0. The van der Waals surface area contributed by atoms with Gasteiger partial charge in [-0.25, -0.2) is 8.78 Å². The first-order valence-electron chi connectivity index (χ1n) is 4.63. The van der Waals surface area contributed by atoms with Crippen LogP contribution in [-0.2, 0) is 0 Å². The van der Waals surface area contributed by atoms with Gasteiger partial charge in [-0.2, -0.15) is 0 Å². The van der Waals surface area contributed by atoms with Crippen molar-refractivity contribution in [1.29, 1.82) is 0 Å². The minimum Gasteiger partial charge on any atom is -0.206 e. The van der Waals surface area contributed by atoms with E-state index in [1.54, 1.807) is 13.8 Å². The van der Waals surface area contributed by atoms with Crippen LogP contribution in [0.4, 0.5) is 8.78 Å². The van der Waals surface area contributed by atoms with Gasteiger partial charge in [0.15, 0.2) is 0 Å².